The number of aliphatic hydroxyl groups excluding tert-OH is 1. The lowest BCUT2D eigenvalue weighted by Gasteiger charge is -2.41. The van der Waals surface area contributed by atoms with Gasteiger partial charge < -0.3 is 19.6 Å². The Balaban J connectivity index is 1.31. The molecule has 0 radical (unpaired) electrons. The van der Waals surface area contributed by atoms with Crippen molar-refractivity contribution in [1.82, 2.24) is 19.8 Å². The van der Waals surface area contributed by atoms with E-state index in [9.17, 15) is 9.90 Å². The minimum Gasteiger partial charge on any atom is -0.392 e. The van der Waals surface area contributed by atoms with Crippen molar-refractivity contribution in [3.63, 3.8) is 0 Å². The van der Waals surface area contributed by atoms with Gasteiger partial charge in [0.05, 0.1) is 24.9 Å². The van der Waals surface area contributed by atoms with Crippen molar-refractivity contribution in [2.75, 3.05) is 57.4 Å². The Morgan fingerprint density at radius 2 is 1.74 bits per heavy atom. The van der Waals surface area contributed by atoms with E-state index in [0.717, 1.165) is 65.0 Å². The van der Waals surface area contributed by atoms with Gasteiger partial charge in [0.25, 0.3) is 5.91 Å². The molecule has 1 aromatic heterocycles. The van der Waals surface area contributed by atoms with Crippen LogP contribution in [0.4, 0.5) is 5.95 Å². The van der Waals surface area contributed by atoms with E-state index in [2.05, 4.69) is 19.8 Å². The van der Waals surface area contributed by atoms with Crippen LogP contribution in [0, 0.1) is 0 Å². The Hall–Kier alpha value is -1.77. The van der Waals surface area contributed by atoms with Gasteiger partial charge in [0.2, 0.25) is 5.95 Å². The van der Waals surface area contributed by atoms with E-state index >= 15 is 0 Å². The zero-order valence-corrected chi connectivity index (χ0v) is 15.8. The molecule has 0 saturated carbocycles. The van der Waals surface area contributed by atoms with Crippen LogP contribution < -0.4 is 4.90 Å². The van der Waals surface area contributed by atoms with Gasteiger partial charge in [-0.05, 0) is 32.2 Å². The van der Waals surface area contributed by atoms with Gasteiger partial charge in [-0.3, -0.25) is 9.69 Å². The molecule has 1 aromatic rings. The predicted octanol–water partition coefficient (Wildman–Crippen LogP) is 0.375. The lowest BCUT2D eigenvalue weighted by atomic mass is 9.98. The number of carbonyl (C=O) groups excluding carboxylic acids is 1. The number of nitrogens with zero attached hydrogens (tertiary/aromatic N) is 5. The molecule has 0 spiro atoms. The van der Waals surface area contributed by atoms with E-state index in [1.54, 1.807) is 12.4 Å². The van der Waals surface area contributed by atoms with Gasteiger partial charge in [-0.25, -0.2) is 9.97 Å². The zero-order chi connectivity index (χ0) is 18.6. The van der Waals surface area contributed by atoms with Crippen molar-refractivity contribution in [2.45, 2.75) is 37.8 Å². The summed E-state index contributed by atoms with van der Waals surface area (Å²) in [5.41, 5.74) is 0.554. The maximum atomic E-state index is 12.8. The third-order valence-electron chi connectivity index (χ3n) is 5.88. The maximum absolute atomic E-state index is 12.8. The van der Waals surface area contributed by atoms with Crippen molar-refractivity contribution in [3.8, 4) is 0 Å². The van der Waals surface area contributed by atoms with Gasteiger partial charge in [0.15, 0.2) is 0 Å². The van der Waals surface area contributed by atoms with Gasteiger partial charge in [0.1, 0.15) is 0 Å². The van der Waals surface area contributed by atoms with Crippen LogP contribution in [0.3, 0.4) is 0 Å². The van der Waals surface area contributed by atoms with Crippen molar-refractivity contribution in [1.29, 1.82) is 0 Å². The van der Waals surface area contributed by atoms with E-state index in [0.29, 0.717) is 30.8 Å². The Bertz CT molecular complexity index is 627. The molecule has 3 aliphatic rings. The number of rotatable bonds is 3. The number of hydrogen-bond donors (Lipinski definition) is 1. The predicted molar refractivity (Wildman–Crippen MR) is 101 cm³/mol. The van der Waals surface area contributed by atoms with Crippen LogP contribution in [-0.2, 0) is 4.74 Å². The lowest BCUT2D eigenvalue weighted by molar-refractivity contribution is 0.0240. The van der Waals surface area contributed by atoms with Crippen LogP contribution in [0.1, 0.15) is 36.0 Å². The van der Waals surface area contributed by atoms with Gasteiger partial charge >= 0.3 is 0 Å². The van der Waals surface area contributed by atoms with Gasteiger partial charge in [-0.2, -0.15) is 0 Å². The number of amides is 1. The topological polar surface area (TPSA) is 82.0 Å². The molecule has 8 nitrogen and oxygen atoms in total. The summed E-state index contributed by atoms with van der Waals surface area (Å²) in [6, 6.07) is 0.476. The summed E-state index contributed by atoms with van der Waals surface area (Å²) in [4.78, 5) is 27.9. The molecule has 4 heterocycles. The number of hydrogen-bond acceptors (Lipinski definition) is 7. The van der Waals surface area contributed by atoms with Gasteiger partial charge in [-0.1, -0.05) is 0 Å². The minimum absolute atomic E-state index is 0.0145. The summed E-state index contributed by atoms with van der Waals surface area (Å²) in [6.45, 7) is 6.28. The van der Waals surface area contributed by atoms with E-state index < -0.39 is 0 Å². The fourth-order valence-corrected chi connectivity index (χ4v) is 4.29. The van der Waals surface area contributed by atoms with Crippen LogP contribution >= 0.6 is 0 Å². The Morgan fingerprint density at radius 3 is 2.41 bits per heavy atom. The highest BCUT2D eigenvalue weighted by Crippen LogP contribution is 2.22. The number of piperidine rings is 2. The number of morpholine rings is 1. The monoisotopic (exact) mass is 375 g/mol. The molecule has 1 N–H and O–H groups in total. The van der Waals surface area contributed by atoms with Crippen LogP contribution in [0.15, 0.2) is 12.4 Å². The Labute approximate surface area is 160 Å². The van der Waals surface area contributed by atoms with Crippen molar-refractivity contribution in [3.05, 3.63) is 18.0 Å². The first-order valence-corrected chi connectivity index (χ1v) is 10.1. The molecule has 0 aromatic carbocycles. The summed E-state index contributed by atoms with van der Waals surface area (Å²) in [7, 11) is 0. The molecule has 1 amide bonds. The summed E-state index contributed by atoms with van der Waals surface area (Å²) in [6.07, 6.45) is 7.00. The number of likely N-dealkylation sites (tertiary alicyclic amines) is 2. The number of anilines is 1. The molecule has 27 heavy (non-hydrogen) atoms. The smallest absolute Gasteiger partial charge is 0.256 e. The van der Waals surface area contributed by atoms with Crippen LogP contribution in [0.2, 0.25) is 0 Å². The first kappa shape index (κ1) is 18.6. The fourth-order valence-electron chi connectivity index (χ4n) is 4.29. The van der Waals surface area contributed by atoms with E-state index in [1.807, 2.05) is 4.90 Å². The zero-order valence-electron chi connectivity index (χ0n) is 15.8. The van der Waals surface area contributed by atoms with E-state index in [1.165, 1.54) is 0 Å². The second-order valence-corrected chi connectivity index (χ2v) is 7.69. The second-order valence-electron chi connectivity index (χ2n) is 7.69. The van der Waals surface area contributed by atoms with Crippen molar-refractivity contribution in [2.24, 2.45) is 0 Å². The van der Waals surface area contributed by atoms with E-state index in [4.69, 9.17) is 4.74 Å². The molecule has 3 saturated heterocycles. The molecule has 0 bridgehead atoms. The first-order valence-electron chi connectivity index (χ1n) is 10.1. The molecule has 8 heteroatoms. The maximum Gasteiger partial charge on any atom is 0.256 e. The third kappa shape index (κ3) is 4.39. The summed E-state index contributed by atoms with van der Waals surface area (Å²) in [5.74, 6) is 0.679. The highest BCUT2D eigenvalue weighted by Gasteiger charge is 2.30. The number of aliphatic hydroxyl groups is 1. The standard InChI is InChI=1S/C19H29N5O3/c25-17-2-1-5-24(14-17)16-3-6-22(7-4-16)18(26)15-12-20-19(21-13-15)23-8-10-27-11-9-23/h12-13,16-17,25H,1-11,14H2/t17-/m1/s1. The largest absolute Gasteiger partial charge is 0.392 e. The fraction of sp³-hybridized carbons (Fsp3) is 0.737. The Morgan fingerprint density at radius 1 is 1.04 bits per heavy atom. The highest BCUT2D eigenvalue weighted by molar-refractivity contribution is 5.93. The molecular formula is C19H29N5O3. The normalized spacial score (nSPS) is 25.6. The summed E-state index contributed by atoms with van der Waals surface area (Å²) >= 11 is 0. The molecule has 0 unspecified atom stereocenters. The summed E-state index contributed by atoms with van der Waals surface area (Å²) < 4.78 is 5.35. The first-order chi connectivity index (χ1) is 13.2. The molecule has 148 valence electrons. The van der Waals surface area contributed by atoms with Crippen LogP contribution in [0.25, 0.3) is 0 Å². The average molecular weight is 375 g/mol. The highest BCUT2D eigenvalue weighted by atomic mass is 16.5. The molecule has 1 atom stereocenters. The third-order valence-corrected chi connectivity index (χ3v) is 5.88. The Kier molecular flexibility index (Phi) is 5.85. The number of β-amino-alcohol motifs (C(OH)–C–C–N with tert-alkyl or cyclic N) is 1. The van der Waals surface area contributed by atoms with Crippen LogP contribution in [-0.4, -0.2) is 95.4 Å². The van der Waals surface area contributed by atoms with E-state index in [-0.39, 0.29) is 12.0 Å². The molecule has 0 aliphatic carbocycles. The lowest BCUT2D eigenvalue weighted by Crippen LogP contribution is -2.50. The minimum atomic E-state index is -0.194. The quantitative estimate of drug-likeness (QED) is 0.818. The number of carbonyl (C=O) groups is 1. The second kappa shape index (κ2) is 8.50. The van der Waals surface area contributed by atoms with Crippen molar-refractivity contribution >= 4 is 11.9 Å². The SMILES string of the molecule is O=C(c1cnc(N2CCOCC2)nc1)N1CCC(N2CCC[C@@H](O)C2)CC1. The molecular weight excluding hydrogens is 346 g/mol. The summed E-state index contributed by atoms with van der Waals surface area (Å²) in [5, 5.41) is 9.89. The molecule has 4 rings (SSSR count). The number of ether oxygens (including phenoxy) is 1. The van der Waals surface area contributed by atoms with Crippen LogP contribution in [0.5, 0.6) is 0 Å². The number of aromatic nitrogens is 2. The molecule has 3 fully saturated rings. The molecule has 3 aliphatic heterocycles. The van der Waals surface area contributed by atoms with Crippen molar-refractivity contribution < 1.29 is 14.6 Å². The van der Waals surface area contributed by atoms with Gasteiger partial charge in [0, 0.05) is 51.2 Å². The van der Waals surface area contributed by atoms with Gasteiger partial charge in [-0.15, -0.1) is 0 Å². The average Bonchev–Trinajstić information content (AvgIpc) is 2.74.